The molecule has 2 N–H and O–H groups in total. The first kappa shape index (κ1) is 25.5. The molecule has 0 aromatic heterocycles. The van der Waals surface area contributed by atoms with Gasteiger partial charge in [-0.15, -0.1) is 0 Å². The molecule has 4 nitrogen and oxygen atoms in total. The maximum atomic E-state index is 10.0. The van der Waals surface area contributed by atoms with Gasteiger partial charge in [-0.1, -0.05) is 65.2 Å². The second-order valence-electron chi connectivity index (χ2n) is 5.12. The largest absolute Gasteiger partial charge is 0.481 e. The maximum absolute atomic E-state index is 10.0. The fourth-order valence-electron chi connectivity index (χ4n) is 1.76. The number of carbonyl (C=O) groups is 2. The zero-order valence-corrected chi connectivity index (χ0v) is 16.9. The Morgan fingerprint density at radius 3 is 1.14 bits per heavy atom. The summed E-state index contributed by atoms with van der Waals surface area (Å²) in [5, 5.41) is 16.5. The third kappa shape index (κ3) is 32.8. The van der Waals surface area contributed by atoms with E-state index >= 15 is 0 Å². The van der Waals surface area contributed by atoms with E-state index < -0.39 is 11.9 Å². The van der Waals surface area contributed by atoms with Crippen LogP contribution in [0.25, 0.3) is 0 Å². The molecule has 0 radical (unpaired) electrons. The van der Waals surface area contributed by atoms with Crippen LogP contribution in [0.5, 0.6) is 0 Å². The molecule has 0 amide bonds. The van der Waals surface area contributed by atoms with Crippen LogP contribution in [0, 0.1) is 0 Å². The van der Waals surface area contributed by atoms with Crippen molar-refractivity contribution in [2.75, 3.05) is 0 Å². The van der Waals surface area contributed by atoms with Crippen molar-refractivity contribution in [2.24, 2.45) is 0 Å². The average Bonchev–Trinajstić information content (AvgIpc) is 2.38. The van der Waals surface area contributed by atoms with Gasteiger partial charge in [-0.2, -0.15) is 0 Å². The van der Waals surface area contributed by atoms with Crippen molar-refractivity contribution < 1.29 is 39.3 Å². The van der Waals surface area contributed by atoms with Gasteiger partial charge in [-0.05, 0) is 12.8 Å². The van der Waals surface area contributed by atoms with Crippen LogP contribution < -0.4 is 0 Å². The second kappa shape index (κ2) is 21.9. The molecule has 0 aliphatic carbocycles. The van der Waals surface area contributed by atoms with Crippen molar-refractivity contribution in [3.05, 3.63) is 0 Å². The molecule has 0 saturated carbocycles. The van der Waals surface area contributed by atoms with Crippen LogP contribution in [0.3, 0.4) is 0 Å². The molecule has 0 aliphatic heterocycles. The van der Waals surface area contributed by atoms with Crippen molar-refractivity contribution in [2.45, 2.75) is 90.9 Å². The maximum Gasteiger partial charge on any atom is 0.303 e. The Labute approximate surface area is 142 Å². The molecule has 0 atom stereocenters. The van der Waals surface area contributed by atoms with E-state index in [1.54, 1.807) is 0 Å². The van der Waals surface area contributed by atoms with Gasteiger partial charge in [0.05, 0.1) is 0 Å². The molecular formula is C16H32O4Zn. The average molecular weight is 354 g/mol. The molecule has 0 saturated heterocycles. The summed E-state index contributed by atoms with van der Waals surface area (Å²) in [4.78, 5) is 20.1. The van der Waals surface area contributed by atoms with Crippen molar-refractivity contribution in [1.29, 1.82) is 0 Å². The number of hydrogen-bond donors (Lipinski definition) is 2. The van der Waals surface area contributed by atoms with Crippen LogP contribution in [0.1, 0.15) is 90.9 Å². The zero-order valence-electron chi connectivity index (χ0n) is 13.9. The summed E-state index contributed by atoms with van der Waals surface area (Å²) < 4.78 is 0. The topological polar surface area (TPSA) is 74.6 Å². The van der Waals surface area contributed by atoms with E-state index in [0.29, 0.717) is 12.8 Å². The molecule has 0 spiro atoms. The summed E-state index contributed by atoms with van der Waals surface area (Å²) in [5.74, 6) is -1.34. The van der Waals surface area contributed by atoms with E-state index in [4.69, 9.17) is 10.2 Å². The number of hydrogen-bond acceptors (Lipinski definition) is 2. The SMILES string of the molecule is CCCCCCCC(=O)O.CCCCCCCC(=O)O.[Zn]. The number of aliphatic carboxylic acids is 2. The first-order valence-electron chi connectivity index (χ1n) is 7.98. The number of carboxylic acid groups (broad SMARTS) is 2. The van der Waals surface area contributed by atoms with Gasteiger partial charge in [0.1, 0.15) is 0 Å². The molecule has 0 rings (SSSR count). The van der Waals surface area contributed by atoms with Crippen LogP contribution in [-0.2, 0) is 29.1 Å². The Kier molecular flexibility index (Phi) is 26.6. The molecule has 0 aliphatic rings. The van der Waals surface area contributed by atoms with Crippen molar-refractivity contribution >= 4 is 11.9 Å². The van der Waals surface area contributed by atoms with Crippen LogP contribution in [-0.4, -0.2) is 22.2 Å². The third-order valence-electron chi connectivity index (χ3n) is 2.99. The molecule has 21 heavy (non-hydrogen) atoms. The molecule has 5 heteroatoms. The molecule has 0 aromatic carbocycles. The number of carboxylic acids is 2. The van der Waals surface area contributed by atoms with E-state index in [9.17, 15) is 9.59 Å². The van der Waals surface area contributed by atoms with Gasteiger partial charge in [0, 0.05) is 32.3 Å². The first-order valence-corrected chi connectivity index (χ1v) is 7.98. The molecule has 0 heterocycles. The summed E-state index contributed by atoms with van der Waals surface area (Å²) in [6, 6.07) is 0. The molecule has 0 unspecified atom stereocenters. The van der Waals surface area contributed by atoms with Gasteiger partial charge < -0.3 is 10.2 Å². The summed E-state index contributed by atoms with van der Waals surface area (Å²) in [5.41, 5.74) is 0. The van der Waals surface area contributed by atoms with Gasteiger partial charge in [-0.3, -0.25) is 9.59 Å². The Bertz CT molecular complexity index is 208. The van der Waals surface area contributed by atoms with Crippen LogP contribution in [0.2, 0.25) is 0 Å². The fraction of sp³-hybridized carbons (Fsp3) is 0.875. The molecule has 0 fully saturated rings. The Balaban J connectivity index is -0.000000295. The van der Waals surface area contributed by atoms with Gasteiger partial charge in [0.15, 0.2) is 0 Å². The van der Waals surface area contributed by atoms with Crippen LogP contribution in [0.15, 0.2) is 0 Å². The Morgan fingerprint density at radius 1 is 0.619 bits per heavy atom. The van der Waals surface area contributed by atoms with Crippen molar-refractivity contribution in [3.63, 3.8) is 0 Å². The predicted molar refractivity (Wildman–Crippen MR) is 82.0 cm³/mol. The number of rotatable bonds is 12. The summed E-state index contributed by atoms with van der Waals surface area (Å²) in [6.45, 7) is 4.30. The number of unbranched alkanes of at least 4 members (excludes halogenated alkanes) is 8. The standard InChI is InChI=1S/2C8H16O2.Zn/c2*1-2-3-4-5-6-7-8(9)10;/h2*2-7H2,1H3,(H,9,10);. The minimum Gasteiger partial charge on any atom is -0.481 e. The summed E-state index contributed by atoms with van der Waals surface area (Å²) >= 11 is 0. The van der Waals surface area contributed by atoms with E-state index in [-0.39, 0.29) is 19.5 Å². The van der Waals surface area contributed by atoms with E-state index in [1.165, 1.54) is 38.5 Å². The summed E-state index contributed by atoms with van der Waals surface area (Å²) in [7, 11) is 0. The van der Waals surface area contributed by atoms with E-state index in [0.717, 1.165) is 25.7 Å². The van der Waals surface area contributed by atoms with Crippen LogP contribution >= 0.6 is 0 Å². The minimum atomic E-state index is -0.670. The monoisotopic (exact) mass is 352 g/mol. The molecule has 0 bridgehead atoms. The van der Waals surface area contributed by atoms with Gasteiger partial charge in [-0.25, -0.2) is 0 Å². The third-order valence-corrected chi connectivity index (χ3v) is 2.99. The molecule has 122 valence electrons. The van der Waals surface area contributed by atoms with Crippen LogP contribution in [0.4, 0.5) is 0 Å². The quantitative estimate of drug-likeness (QED) is 0.388. The smallest absolute Gasteiger partial charge is 0.303 e. The van der Waals surface area contributed by atoms with Gasteiger partial charge in [0.25, 0.3) is 0 Å². The van der Waals surface area contributed by atoms with E-state index in [1.807, 2.05) is 0 Å². The van der Waals surface area contributed by atoms with Crippen molar-refractivity contribution in [3.8, 4) is 0 Å². The second-order valence-corrected chi connectivity index (χ2v) is 5.12. The summed E-state index contributed by atoms with van der Waals surface area (Å²) in [6.07, 6.45) is 11.8. The first-order chi connectivity index (χ1) is 9.54. The predicted octanol–water partition coefficient (Wildman–Crippen LogP) is 4.86. The molecule has 0 aromatic rings. The Hall–Kier alpha value is -0.437. The normalized spacial score (nSPS) is 9.24. The fourth-order valence-corrected chi connectivity index (χ4v) is 1.76. The van der Waals surface area contributed by atoms with Crippen molar-refractivity contribution in [1.82, 2.24) is 0 Å². The Morgan fingerprint density at radius 2 is 0.905 bits per heavy atom. The zero-order chi connectivity index (χ0) is 15.6. The van der Waals surface area contributed by atoms with Gasteiger partial charge in [0.2, 0.25) is 0 Å². The minimum absolute atomic E-state index is 0. The van der Waals surface area contributed by atoms with Gasteiger partial charge >= 0.3 is 11.9 Å². The molecular weight excluding hydrogens is 322 g/mol. The van der Waals surface area contributed by atoms with E-state index in [2.05, 4.69) is 13.8 Å².